The van der Waals surface area contributed by atoms with E-state index >= 15 is 0 Å². The number of hydrogen-bond acceptors (Lipinski definition) is 5. The predicted molar refractivity (Wildman–Crippen MR) is 104 cm³/mol. The van der Waals surface area contributed by atoms with E-state index < -0.39 is 11.9 Å². The van der Waals surface area contributed by atoms with Crippen LogP contribution < -0.4 is 16.0 Å². The van der Waals surface area contributed by atoms with Crippen LogP contribution in [-0.2, 0) is 11.2 Å². The molecule has 0 spiro atoms. The van der Waals surface area contributed by atoms with Gasteiger partial charge in [-0.1, -0.05) is 26.0 Å². The van der Waals surface area contributed by atoms with Gasteiger partial charge < -0.3 is 10.5 Å². The average Bonchev–Trinajstić information content (AvgIpc) is 3.08. The molecule has 0 aliphatic heterocycles. The monoisotopic (exact) mass is 371 g/mol. The molecule has 6 nitrogen and oxygen atoms in total. The van der Waals surface area contributed by atoms with Crippen LogP contribution in [0.2, 0.25) is 0 Å². The van der Waals surface area contributed by atoms with Crippen LogP contribution >= 0.6 is 11.3 Å². The van der Waals surface area contributed by atoms with Crippen LogP contribution in [0, 0.1) is 0 Å². The molecule has 136 valence electrons. The molecule has 0 saturated carbocycles. The van der Waals surface area contributed by atoms with E-state index in [1.165, 1.54) is 15.9 Å². The molecule has 0 radical (unpaired) electrons. The molecule has 0 aliphatic carbocycles. The summed E-state index contributed by atoms with van der Waals surface area (Å²) in [6.07, 6.45) is 0.982. The van der Waals surface area contributed by atoms with Crippen LogP contribution in [0.3, 0.4) is 0 Å². The second-order valence-corrected chi connectivity index (χ2v) is 6.80. The van der Waals surface area contributed by atoms with Gasteiger partial charge in [0.2, 0.25) is 5.91 Å². The third kappa shape index (κ3) is 2.99. The number of primary amides is 1. The Kier molecular flexibility index (Phi) is 5.08. The van der Waals surface area contributed by atoms with E-state index in [1.54, 1.807) is 7.11 Å². The van der Waals surface area contributed by atoms with E-state index in [2.05, 4.69) is 4.98 Å². The summed E-state index contributed by atoms with van der Waals surface area (Å²) in [6, 6.07) is 6.83. The molecule has 26 heavy (non-hydrogen) atoms. The first-order valence-corrected chi connectivity index (χ1v) is 9.36. The minimum absolute atomic E-state index is 0.225. The van der Waals surface area contributed by atoms with E-state index in [9.17, 15) is 9.59 Å². The average molecular weight is 371 g/mol. The van der Waals surface area contributed by atoms with Crippen LogP contribution in [0.1, 0.15) is 32.1 Å². The molecule has 0 aliphatic rings. The highest BCUT2D eigenvalue weighted by molar-refractivity contribution is 7.17. The fourth-order valence-corrected chi connectivity index (χ4v) is 4.09. The number of amides is 1. The summed E-state index contributed by atoms with van der Waals surface area (Å²) in [5.41, 5.74) is 6.97. The second-order valence-electron chi connectivity index (χ2n) is 5.94. The Morgan fingerprint density at radius 3 is 2.77 bits per heavy atom. The fourth-order valence-electron chi connectivity index (χ4n) is 3.13. The Morgan fingerprint density at radius 2 is 2.15 bits per heavy atom. The lowest BCUT2D eigenvalue weighted by Gasteiger charge is -2.18. The van der Waals surface area contributed by atoms with Gasteiger partial charge in [0.25, 0.3) is 5.56 Å². The number of rotatable bonds is 6. The van der Waals surface area contributed by atoms with Crippen LogP contribution in [0.4, 0.5) is 0 Å². The Morgan fingerprint density at radius 1 is 1.38 bits per heavy atom. The van der Waals surface area contributed by atoms with Gasteiger partial charge in [-0.25, -0.2) is 4.98 Å². The zero-order valence-electron chi connectivity index (χ0n) is 15.0. The number of ether oxygens (including phenoxy) is 1. The molecule has 7 heteroatoms. The summed E-state index contributed by atoms with van der Waals surface area (Å²) in [6.45, 7) is 3.75. The van der Waals surface area contributed by atoms with Crippen molar-refractivity contribution in [2.45, 2.75) is 32.7 Å². The largest absolute Gasteiger partial charge is 0.497 e. The van der Waals surface area contributed by atoms with Crippen LogP contribution in [0.15, 0.2) is 34.4 Å². The topological polar surface area (TPSA) is 87.2 Å². The number of carbonyl (C=O) groups excluding carboxylic acids is 1. The molecule has 0 fully saturated rings. The number of thiophene rings is 1. The maximum absolute atomic E-state index is 13.3. The number of fused-ring (bicyclic) bond motifs is 1. The summed E-state index contributed by atoms with van der Waals surface area (Å²) in [5, 5.41) is 2.43. The fraction of sp³-hybridized carbons (Fsp3) is 0.316. The van der Waals surface area contributed by atoms with Crippen molar-refractivity contribution in [3.8, 4) is 16.9 Å². The van der Waals surface area contributed by atoms with Crippen molar-refractivity contribution in [2.24, 2.45) is 5.73 Å². The highest BCUT2D eigenvalue weighted by Crippen LogP contribution is 2.33. The third-order valence-corrected chi connectivity index (χ3v) is 5.31. The molecule has 1 atom stereocenters. The second kappa shape index (κ2) is 7.29. The Hall–Kier alpha value is -2.67. The maximum Gasteiger partial charge on any atom is 0.263 e. The van der Waals surface area contributed by atoms with Gasteiger partial charge in [0.15, 0.2) is 0 Å². The summed E-state index contributed by atoms with van der Waals surface area (Å²) in [5.74, 6) is 0.764. The summed E-state index contributed by atoms with van der Waals surface area (Å²) in [4.78, 5) is 30.5. The molecule has 0 bridgehead atoms. The van der Waals surface area contributed by atoms with Crippen molar-refractivity contribution in [3.05, 3.63) is 45.8 Å². The number of aryl methyl sites for hydroxylation is 1. The molecule has 1 amide bonds. The molecule has 2 N–H and O–H groups in total. The minimum atomic E-state index is -0.701. The maximum atomic E-state index is 13.3. The Balaban J connectivity index is 2.32. The summed E-state index contributed by atoms with van der Waals surface area (Å²) >= 11 is 1.42. The highest BCUT2D eigenvalue weighted by atomic mass is 32.1. The first-order valence-electron chi connectivity index (χ1n) is 8.48. The van der Waals surface area contributed by atoms with Gasteiger partial charge in [-0.05, 0) is 24.1 Å². The van der Waals surface area contributed by atoms with Crippen molar-refractivity contribution in [1.29, 1.82) is 0 Å². The lowest BCUT2D eigenvalue weighted by molar-refractivity contribution is -0.121. The number of carbonyl (C=O) groups is 1. The summed E-state index contributed by atoms with van der Waals surface area (Å²) < 4.78 is 6.75. The molecule has 1 aromatic carbocycles. The normalized spacial score (nSPS) is 12.3. The minimum Gasteiger partial charge on any atom is -0.497 e. The number of aromatic nitrogens is 2. The van der Waals surface area contributed by atoms with Crippen molar-refractivity contribution < 1.29 is 9.53 Å². The van der Waals surface area contributed by atoms with Crippen molar-refractivity contribution in [1.82, 2.24) is 9.55 Å². The molecule has 3 rings (SSSR count). The predicted octanol–water partition coefficient (Wildman–Crippen LogP) is 3.13. The zero-order valence-corrected chi connectivity index (χ0v) is 15.8. The van der Waals surface area contributed by atoms with E-state index in [4.69, 9.17) is 10.5 Å². The van der Waals surface area contributed by atoms with E-state index in [0.29, 0.717) is 34.6 Å². The number of methoxy groups -OCH3 is 1. The van der Waals surface area contributed by atoms with Gasteiger partial charge in [0.05, 0.1) is 12.5 Å². The van der Waals surface area contributed by atoms with Crippen molar-refractivity contribution >= 4 is 27.5 Å². The van der Waals surface area contributed by atoms with E-state index in [1.807, 2.05) is 43.5 Å². The lowest BCUT2D eigenvalue weighted by atomic mass is 10.1. The van der Waals surface area contributed by atoms with Gasteiger partial charge in [-0.3, -0.25) is 14.2 Å². The van der Waals surface area contributed by atoms with Crippen molar-refractivity contribution in [2.75, 3.05) is 7.11 Å². The van der Waals surface area contributed by atoms with Gasteiger partial charge in [-0.2, -0.15) is 0 Å². The SMILES string of the molecule is CCc1nc2scc(-c3cccc(OC)c3)c2c(=O)n1C(CC)C(N)=O. The zero-order chi connectivity index (χ0) is 18.8. The first kappa shape index (κ1) is 18.1. The number of nitrogens with zero attached hydrogens (tertiary/aromatic N) is 2. The molecule has 0 saturated heterocycles. The Bertz CT molecular complexity index is 1020. The van der Waals surface area contributed by atoms with Crippen molar-refractivity contribution in [3.63, 3.8) is 0 Å². The first-order chi connectivity index (χ1) is 12.5. The van der Waals surface area contributed by atoms with Gasteiger partial charge in [0.1, 0.15) is 22.4 Å². The number of benzene rings is 1. The Labute approximate surface area is 155 Å². The molecule has 3 aromatic rings. The standard InChI is InChI=1S/C19H21N3O3S/c1-4-14(17(20)23)22-15(5-2)21-18-16(19(22)24)13(10-26-18)11-7-6-8-12(9-11)25-3/h6-10,14H,4-5H2,1-3H3,(H2,20,23). The van der Waals surface area contributed by atoms with E-state index in [0.717, 1.165) is 11.1 Å². The van der Waals surface area contributed by atoms with E-state index in [-0.39, 0.29) is 5.56 Å². The third-order valence-electron chi connectivity index (χ3n) is 4.44. The summed E-state index contributed by atoms with van der Waals surface area (Å²) in [7, 11) is 1.60. The molecular formula is C19H21N3O3S. The molecular weight excluding hydrogens is 350 g/mol. The van der Waals surface area contributed by atoms with Crippen LogP contribution in [0.25, 0.3) is 21.3 Å². The van der Waals surface area contributed by atoms with Crippen LogP contribution in [0.5, 0.6) is 5.75 Å². The van der Waals surface area contributed by atoms with Gasteiger partial charge in [0, 0.05) is 17.4 Å². The highest BCUT2D eigenvalue weighted by Gasteiger charge is 2.24. The molecule has 2 heterocycles. The van der Waals surface area contributed by atoms with Gasteiger partial charge in [-0.15, -0.1) is 11.3 Å². The quantitative estimate of drug-likeness (QED) is 0.721. The smallest absolute Gasteiger partial charge is 0.263 e. The number of hydrogen-bond donors (Lipinski definition) is 1. The number of nitrogens with two attached hydrogens (primary N) is 1. The lowest BCUT2D eigenvalue weighted by Crippen LogP contribution is -2.36. The van der Waals surface area contributed by atoms with Crippen LogP contribution in [-0.4, -0.2) is 22.6 Å². The molecule has 2 aromatic heterocycles. The molecule has 1 unspecified atom stereocenters. The van der Waals surface area contributed by atoms with Gasteiger partial charge >= 0.3 is 0 Å².